The maximum absolute atomic E-state index is 10.7. The fourth-order valence-corrected chi connectivity index (χ4v) is 2.35. The molecule has 0 aliphatic carbocycles. The van der Waals surface area contributed by atoms with Crippen molar-refractivity contribution in [1.29, 1.82) is 0 Å². The van der Waals surface area contributed by atoms with Gasteiger partial charge in [0.1, 0.15) is 0 Å². The third-order valence-electron chi connectivity index (χ3n) is 4.29. The van der Waals surface area contributed by atoms with E-state index < -0.39 is 0 Å². The quantitative estimate of drug-likeness (QED) is 0.0843. The molecule has 4 amide bonds. The first-order valence-corrected chi connectivity index (χ1v) is 11.0. The monoisotopic (exact) mass is 548 g/mol. The van der Waals surface area contributed by atoms with Crippen LogP contribution in [0.2, 0.25) is 0 Å². The highest BCUT2D eigenvalue weighted by atomic mass is 16.2. The smallest absolute Gasteiger partial charge is 0.265 e. The molecule has 0 aliphatic heterocycles. The summed E-state index contributed by atoms with van der Waals surface area (Å²) in [6, 6.07) is 12.7. The van der Waals surface area contributed by atoms with Gasteiger partial charge in [-0.05, 0) is 48.5 Å². The van der Waals surface area contributed by atoms with Crippen molar-refractivity contribution < 1.29 is 19.2 Å². The molecule has 0 bridgehead atoms. The van der Waals surface area contributed by atoms with Crippen molar-refractivity contribution >= 4 is 23.6 Å². The number of carbonyl (C=O) groups excluding carboxylic acids is 4. The Morgan fingerprint density at radius 1 is 0.375 bits per heavy atom. The van der Waals surface area contributed by atoms with Gasteiger partial charge < -0.3 is 0 Å². The molecule has 4 rings (SSSR count). The van der Waals surface area contributed by atoms with Gasteiger partial charge in [-0.25, -0.2) is 23.4 Å². The van der Waals surface area contributed by atoms with Crippen molar-refractivity contribution in [2.75, 3.05) is 0 Å². The molecule has 16 heteroatoms. The summed E-state index contributed by atoms with van der Waals surface area (Å²) in [5, 5.41) is 0. The molecule has 40 heavy (non-hydrogen) atoms. The van der Waals surface area contributed by atoms with Gasteiger partial charge in [0.25, 0.3) is 23.6 Å². The molecule has 4 aromatic rings. The summed E-state index contributed by atoms with van der Waals surface area (Å²) in [7, 11) is 0. The number of hydrogen-bond acceptors (Lipinski definition) is 12. The molecular weight excluding hydrogens is 520 g/mol. The van der Waals surface area contributed by atoms with Crippen molar-refractivity contribution in [1.82, 2.24) is 41.6 Å². The van der Waals surface area contributed by atoms with E-state index in [1.165, 1.54) is 49.6 Å². The molecule has 0 saturated heterocycles. The topological polar surface area (TPSA) is 272 Å². The lowest BCUT2D eigenvalue weighted by Crippen LogP contribution is -2.29. The highest BCUT2D eigenvalue weighted by Crippen LogP contribution is 1.95. The number of hydrazine groups is 4. The number of carbonyl (C=O) groups is 4. The van der Waals surface area contributed by atoms with Crippen molar-refractivity contribution in [3.63, 3.8) is 0 Å². The minimum absolute atomic E-state index is 0.303. The Balaban J connectivity index is 0.000000267. The average Bonchev–Trinajstić information content (AvgIpc) is 3.05. The van der Waals surface area contributed by atoms with Crippen LogP contribution in [0.5, 0.6) is 0 Å². The van der Waals surface area contributed by atoms with E-state index >= 15 is 0 Å². The predicted octanol–water partition coefficient (Wildman–Crippen LogP) is -1.26. The molecule has 0 unspecified atom stereocenters. The average molecular weight is 549 g/mol. The Morgan fingerprint density at radius 2 is 0.525 bits per heavy atom. The van der Waals surface area contributed by atoms with E-state index in [9.17, 15) is 19.2 Å². The Hall–Kier alpha value is -5.68. The van der Waals surface area contributed by atoms with Crippen LogP contribution in [0.3, 0.4) is 0 Å². The number of nitrogens with one attached hydrogen (secondary N) is 4. The summed E-state index contributed by atoms with van der Waals surface area (Å²) in [6.07, 6.45) is 12.3. The first kappa shape index (κ1) is 32.3. The van der Waals surface area contributed by atoms with Crippen LogP contribution >= 0.6 is 0 Å². The van der Waals surface area contributed by atoms with Crippen molar-refractivity contribution in [2.45, 2.75) is 0 Å². The molecule has 12 N–H and O–H groups in total. The van der Waals surface area contributed by atoms with Crippen molar-refractivity contribution in [3.8, 4) is 0 Å². The van der Waals surface area contributed by atoms with Crippen molar-refractivity contribution in [3.05, 3.63) is 120 Å². The molecule has 16 nitrogen and oxygen atoms in total. The SMILES string of the molecule is NNC(=O)c1ccncc1.NNC(=O)c1ccncc1.NNC(=O)c1ccncc1.NNC(=O)c1ccncc1. The van der Waals surface area contributed by atoms with Gasteiger partial charge in [0, 0.05) is 71.8 Å². The third-order valence-corrected chi connectivity index (χ3v) is 4.29. The van der Waals surface area contributed by atoms with Crippen LogP contribution in [-0.2, 0) is 0 Å². The molecular formula is C24H28N12O4. The van der Waals surface area contributed by atoms with Crippen LogP contribution < -0.4 is 45.1 Å². The number of amides is 4. The lowest BCUT2D eigenvalue weighted by Gasteiger charge is -1.95. The van der Waals surface area contributed by atoms with E-state index in [1.807, 2.05) is 21.7 Å². The molecule has 0 aromatic carbocycles. The zero-order valence-electron chi connectivity index (χ0n) is 21.0. The molecule has 0 saturated carbocycles. The number of pyridine rings is 4. The molecule has 0 radical (unpaired) electrons. The Bertz CT molecular complexity index is 1090. The summed E-state index contributed by atoms with van der Waals surface area (Å²) < 4.78 is 0. The zero-order valence-corrected chi connectivity index (χ0v) is 21.0. The normalized spacial score (nSPS) is 8.90. The van der Waals surface area contributed by atoms with Gasteiger partial charge in [-0.2, -0.15) is 0 Å². The second-order valence-electron chi connectivity index (χ2n) is 6.84. The summed E-state index contributed by atoms with van der Waals surface area (Å²) in [6.45, 7) is 0. The molecule has 4 heterocycles. The third kappa shape index (κ3) is 12.5. The fourth-order valence-electron chi connectivity index (χ4n) is 2.35. The van der Waals surface area contributed by atoms with E-state index in [4.69, 9.17) is 23.4 Å². The van der Waals surface area contributed by atoms with Crippen LogP contribution in [0.4, 0.5) is 0 Å². The van der Waals surface area contributed by atoms with Crippen LogP contribution in [-0.4, -0.2) is 43.6 Å². The van der Waals surface area contributed by atoms with Crippen LogP contribution in [0.15, 0.2) is 98.1 Å². The zero-order chi connectivity index (χ0) is 29.6. The highest BCUT2D eigenvalue weighted by molar-refractivity contribution is 5.94. The largest absolute Gasteiger partial charge is 0.290 e. The summed E-state index contributed by atoms with van der Waals surface area (Å²) >= 11 is 0. The number of nitrogens with two attached hydrogens (primary N) is 4. The van der Waals surface area contributed by atoms with E-state index in [0.717, 1.165) is 0 Å². The minimum atomic E-state index is -0.303. The number of hydrogen-bond donors (Lipinski definition) is 8. The number of nitrogen functional groups attached to an aromatic ring is 4. The summed E-state index contributed by atoms with van der Waals surface area (Å²) in [5.41, 5.74) is 10.1. The molecule has 208 valence electrons. The van der Waals surface area contributed by atoms with E-state index in [1.54, 1.807) is 48.5 Å². The molecule has 0 spiro atoms. The highest BCUT2D eigenvalue weighted by Gasteiger charge is 2.01. The maximum Gasteiger partial charge on any atom is 0.265 e. The van der Waals surface area contributed by atoms with Gasteiger partial charge >= 0.3 is 0 Å². The van der Waals surface area contributed by atoms with Gasteiger partial charge in [-0.3, -0.25) is 60.8 Å². The van der Waals surface area contributed by atoms with Crippen LogP contribution in [0.25, 0.3) is 0 Å². The van der Waals surface area contributed by atoms with E-state index in [2.05, 4.69) is 19.9 Å². The lowest BCUT2D eigenvalue weighted by molar-refractivity contribution is 0.0945. The fraction of sp³-hybridized carbons (Fsp3) is 0. The molecule has 0 fully saturated rings. The van der Waals surface area contributed by atoms with E-state index in [-0.39, 0.29) is 23.6 Å². The second kappa shape index (κ2) is 19.4. The maximum atomic E-state index is 10.7. The molecule has 4 aromatic heterocycles. The van der Waals surface area contributed by atoms with Crippen LogP contribution in [0.1, 0.15) is 41.4 Å². The minimum Gasteiger partial charge on any atom is -0.290 e. The van der Waals surface area contributed by atoms with Gasteiger partial charge in [-0.15, -0.1) is 0 Å². The predicted molar refractivity (Wildman–Crippen MR) is 144 cm³/mol. The molecule has 0 atom stereocenters. The number of aromatic nitrogens is 4. The van der Waals surface area contributed by atoms with Gasteiger partial charge in [-0.1, -0.05) is 0 Å². The van der Waals surface area contributed by atoms with Crippen molar-refractivity contribution in [2.24, 2.45) is 23.4 Å². The number of rotatable bonds is 4. The van der Waals surface area contributed by atoms with Gasteiger partial charge in [0.05, 0.1) is 0 Å². The van der Waals surface area contributed by atoms with Gasteiger partial charge in [0.15, 0.2) is 0 Å². The first-order valence-electron chi connectivity index (χ1n) is 11.0. The number of nitrogens with zero attached hydrogens (tertiary/aromatic N) is 4. The Kier molecular flexibility index (Phi) is 15.7. The lowest BCUT2D eigenvalue weighted by atomic mass is 10.3. The Labute approximate surface area is 228 Å². The molecule has 0 aliphatic rings. The summed E-state index contributed by atoms with van der Waals surface area (Å²) in [4.78, 5) is 58.0. The van der Waals surface area contributed by atoms with E-state index in [0.29, 0.717) is 22.3 Å². The standard InChI is InChI=1S/4C6H7N3O/c4*7-9-6(10)5-1-3-8-4-2-5/h4*1-4H,7H2,(H,9,10). The second-order valence-corrected chi connectivity index (χ2v) is 6.84. The van der Waals surface area contributed by atoms with Gasteiger partial charge in [0.2, 0.25) is 0 Å². The first-order chi connectivity index (χ1) is 19.4. The Morgan fingerprint density at radius 3 is 0.650 bits per heavy atom. The van der Waals surface area contributed by atoms with Crippen LogP contribution in [0, 0.1) is 0 Å². The summed E-state index contributed by atoms with van der Waals surface area (Å²) in [5.74, 6) is 18.3.